The zero-order valence-corrected chi connectivity index (χ0v) is 9.64. The SMILES string of the molecule is Cc1nn(-c2ccc(C(=O)O)cc2)c(C)c1N. The van der Waals surface area contributed by atoms with Crippen LogP contribution in [0.2, 0.25) is 0 Å². The first-order valence-electron chi connectivity index (χ1n) is 5.16. The molecule has 0 atom stereocenters. The molecule has 0 aliphatic heterocycles. The highest BCUT2D eigenvalue weighted by atomic mass is 16.4. The van der Waals surface area contributed by atoms with E-state index in [1.807, 2.05) is 13.8 Å². The Morgan fingerprint density at radius 3 is 2.29 bits per heavy atom. The lowest BCUT2D eigenvalue weighted by atomic mass is 10.2. The minimum Gasteiger partial charge on any atom is -0.478 e. The summed E-state index contributed by atoms with van der Waals surface area (Å²) in [4.78, 5) is 10.7. The van der Waals surface area contributed by atoms with Crippen LogP contribution in [0, 0.1) is 13.8 Å². The number of nitrogens with zero attached hydrogens (tertiary/aromatic N) is 2. The number of hydrogen-bond donors (Lipinski definition) is 2. The number of aromatic nitrogens is 2. The first kappa shape index (κ1) is 11.2. The molecule has 2 rings (SSSR count). The molecular weight excluding hydrogens is 218 g/mol. The van der Waals surface area contributed by atoms with Crippen molar-refractivity contribution in [3.8, 4) is 5.69 Å². The maximum atomic E-state index is 10.7. The Morgan fingerprint density at radius 2 is 1.88 bits per heavy atom. The third-order valence-corrected chi connectivity index (χ3v) is 2.71. The largest absolute Gasteiger partial charge is 0.478 e. The topological polar surface area (TPSA) is 81.1 Å². The monoisotopic (exact) mass is 231 g/mol. The van der Waals surface area contributed by atoms with E-state index in [-0.39, 0.29) is 5.56 Å². The van der Waals surface area contributed by atoms with Crippen LogP contribution in [0.1, 0.15) is 21.7 Å². The molecule has 0 aliphatic carbocycles. The summed E-state index contributed by atoms with van der Waals surface area (Å²) in [5.74, 6) is -0.940. The molecule has 0 radical (unpaired) electrons. The number of hydrogen-bond acceptors (Lipinski definition) is 3. The van der Waals surface area contributed by atoms with Crippen LogP contribution in [0.5, 0.6) is 0 Å². The van der Waals surface area contributed by atoms with E-state index in [0.717, 1.165) is 17.1 Å². The molecule has 0 saturated heterocycles. The summed E-state index contributed by atoms with van der Waals surface area (Å²) < 4.78 is 1.70. The normalized spacial score (nSPS) is 10.5. The number of nitrogen functional groups attached to an aromatic ring is 1. The van der Waals surface area contributed by atoms with Gasteiger partial charge in [0.05, 0.1) is 28.3 Å². The van der Waals surface area contributed by atoms with E-state index in [1.165, 1.54) is 0 Å². The maximum Gasteiger partial charge on any atom is 0.335 e. The fourth-order valence-electron chi connectivity index (χ4n) is 1.65. The lowest BCUT2D eigenvalue weighted by molar-refractivity contribution is 0.0697. The van der Waals surface area contributed by atoms with Crippen molar-refractivity contribution in [2.75, 3.05) is 5.73 Å². The second-order valence-corrected chi connectivity index (χ2v) is 3.85. The Kier molecular flexibility index (Phi) is 2.59. The number of nitrogens with two attached hydrogens (primary N) is 1. The summed E-state index contributed by atoms with van der Waals surface area (Å²) in [6.07, 6.45) is 0. The van der Waals surface area contributed by atoms with Gasteiger partial charge in [-0.25, -0.2) is 9.48 Å². The molecule has 17 heavy (non-hydrogen) atoms. The molecule has 1 aromatic heterocycles. The van der Waals surface area contributed by atoms with Crippen LogP contribution in [0.4, 0.5) is 5.69 Å². The highest BCUT2D eigenvalue weighted by Gasteiger charge is 2.10. The van der Waals surface area contributed by atoms with Gasteiger partial charge in [-0.2, -0.15) is 5.10 Å². The van der Waals surface area contributed by atoms with E-state index in [0.29, 0.717) is 5.69 Å². The molecule has 1 heterocycles. The molecule has 0 bridgehead atoms. The highest BCUT2D eigenvalue weighted by molar-refractivity contribution is 5.87. The van der Waals surface area contributed by atoms with Crippen molar-refractivity contribution in [1.82, 2.24) is 9.78 Å². The molecule has 0 unspecified atom stereocenters. The smallest absolute Gasteiger partial charge is 0.335 e. The minimum atomic E-state index is -0.940. The molecule has 0 amide bonds. The van der Waals surface area contributed by atoms with Gasteiger partial charge < -0.3 is 10.8 Å². The maximum absolute atomic E-state index is 10.7. The third-order valence-electron chi connectivity index (χ3n) is 2.71. The second kappa shape index (κ2) is 3.93. The Bertz CT molecular complexity index is 570. The molecule has 1 aromatic carbocycles. The van der Waals surface area contributed by atoms with Gasteiger partial charge in [0.25, 0.3) is 0 Å². The van der Waals surface area contributed by atoms with E-state index >= 15 is 0 Å². The zero-order valence-electron chi connectivity index (χ0n) is 9.64. The summed E-state index contributed by atoms with van der Waals surface area (Å²) in [6.45, 7) is 3.71. The second-order valence-electron chi connectivity index (χ2n) is 3.85. The predicted octanol–water partition coefficient (Wildman–Crippen LogP) is 1.77. The highest BCUT2D eigenvalue weighted by Crippen LogP contribution is 2.19. The van der Waals surface area contributed by atoms with Gasteiger partial charge in [-0.15, -0.1) is 0 Å². The van der Waals surface area contributed by atoms with Gasteiger partial charge in [0, 0.05) is 0 Å². The molecule has 2 aromatic rings. The predicted molar refractivity (Wildman–Crippen MR) is 64.4 cm³/mol. The summed E-state index contributed by atoms with van der Waals surface area (Å²) >= 11 is 0. The number of aryl methyl sites for hydroxylation is 1. The van der Waals surface area contributed by atoms with Crippen molar-refractivity contribution in [3.05, 3.63) is 41.2 Å². The van der Waals surface area contributed by atoms with Crippen molar-refractivity contribution < 1.29 is 9.90 Å². The zero-order chi connectivity index (χ0) is 12.6. The van der Waals surface area contributed by atoms with Gasteiger partial charge in [0.1, 0.15) is 0 Å². The van der Waals surface area contributed by atoms with Crippen LogP contribution < -0.4 is 5.73 Å². The van der Waals surface area contributed by atoms with Crippen molar-refractivity contribution in [2.45, 2.75) is 13.8 Å². The summed E-state index contributed by atoms with van der Waals surface area (Å²) in [5, 5.41) is 13.1. The van der Waals surface area contributed by atoms with Crippen LogP contribution >= 0.6 is 0 Å². The molecular formula is C12H13N3O2. The van der Waals surface area contributed by atoms with E-state index < -0.39 is 5.97 Å². The van der Waals surface area contributed by atoms with Gasteiger partial charge in [0.2, 0.25) is 0 Å². The van der Waals surface area contributed by atoms with Crippen molar-refractivity contribution >= 4 is 11.7 Å². The van der Waals surface area contributed by atoms with Gasteiger partial charge in [-0.3, -0.25) is 0 Å². The van der Waals surface area contributed by atoms with Crippen LogP contribution in [0.3, 0.4) is 0 Å². The standard InChI is InChI=1S/C12H13N3O2/c1-7-11(13)8(2)15(14-7)10-5-3-9(4-6-10)12(16)17/h3-6H,13H2,1-2H3,(H,16,17). The third kappa shape index (κ3) is 1.87. The average Bonchev–Trinajstić information content (AvgIpc) is 2.57. The fraction of sp³-hybridized carbons (Fsp3) is 0.167. The quantitative estimate of drug-likeness (QED) is 0.825. The van der Waals surface area contributed by atoms with Gasteiger partial charge in [-0.05, 0) is 38.1 Å². The fourth-order valence-corrected chi connectivity index (χ4v) is 1.65. The average molecular weight is 231 g/mol. The van der Waals surface area contributed by atoms with Crippen LogP contribution in [-0.4, -0.2) is 20.9 Å². The summed E-state index contributed by atoms with van der Waals surface area (Å²) in [6, 6.07) is 6.51. The van der Waals surface area contributed by atoms with Crippen molar-refractivity contribution in [2.24, 2.45) is 0 Å². The number of benzene rings is 1. The minimum absolute atomic E-state index is 0.253. The van der Waals surface area contributed by atoms with Gasteiger partial charge in [-0.1, -0.05) is 0 Å². The molecule has 5 heteroatoms. The lowest BCUT2D eigenvalue weighted by Gasteiger charge is -2.04. The molecule has 0 saturated carbocycles. The Balaban J connectivity index is 2.47. The first-order valence-corrected chi connectivity index (χ1v) is 5.16. The molecule has 5 nitrogen and oxygen atoms in total. The van der Waals surface area contributed by atoms with Gasteiger partial charge >= 0.3 is 5.97 Å². The Morgan fingerprint density at radius 1 is 1.29 bits per heavy atom. The number of carboxylic acid groups (broad SMARTS) is 1. The number of carboxylic acids is 1. The molecule has 0 aliphatic rings. The van der Waals surface area contributed by atoms with Crippen molar-refractivity contribution in [1.29, 1.82) is 0 Å². The number of anilines is 1. The number of rotatable bonds is 2. The molecule has 0 fully saturated rings. The summed E-state index contributed by atoms with van der Waals surface area (Å²) in [7, 11) is 0. The van der Waals surface area contributed by atoms with Crippen LogP contribution in [0.15, 0.2) is 24.3 Å². The van der Waals surface area contributed by atoms with E-state index in [9.17, 15) is 4.79 Å². The molecule has 0 spiro atoms. The van der Waals surface area contributed by atoms with E-state index in [1.54, 1.807) is 28.9 Å². The molecule has 88 valence electrons. The van der Waals surface area contributed by atoms with E-state index in [4.69, 9.17) is 10.8 Å². The molecule has 3 N–H and O–H groups in total. The Hall–Kier alpha value is -2.30. The van der Waals surface area contributed by atoms with Crippen molar-refractivity contribution in [3.63, 3.8) is 0 Å². The summed E-state index contributed by atoms with van der Waals surface area (Å²) in [5.41, 5.74) is 9.17. The van der Waals surface area contributed by atoms with Crippen LogP contribution in [0.25, 0.3) is 5.69 Å². The Labute approximate surface area is 98.5 Å². The number of aromatic carboxylic acids is 1. The van der Waals surface area contributed by atoms with Gasteiger partial charge in [0.15, 0.2) is 0 Å². The first-order chi connectivity index (χ1) is 8.00. The lowest BCUT2D eigenvalue weighted by Crippen LogP contribution is -2.01. The van der Waals surface area contributed by atoms with Crippen LogP contribution in [-0.2, 0) is 0 Å². The van der Waals surface area contributed by atoms with E-state index in [2.05, 4.69) is 5.10 Å². The number of carbonyl (C=O) groups is 1.